The van der Waals surface area contributed by atoms with Crippen LogP contribution >= 0.6 is 0 Å². The molecule has 0 aliphatic carbocycles. The number of rotatable bonds is 0. The van der Waals surface area contributed by atoms with E-state index in [1.54, 1.807) is 0 Å². The lowest BCUT2D eigenvalue weighted by Crippen LogP contribution is -2.05. The van der Waals surface area contributed by atoms with Gasteiger partial charge in [-0.25, -0.2) is 0 Å². The molecule has 0 unspecified atom stereocenters. The highest BCUT2D eigenvalue weighted by Gasteiger charge is 1.88. The van der Waals surface area contributed by atoms with Gasteiger partial charge >= 0.3 is 0 Å². The molecule has 0 aliphatic rings. The van der Waals surface area contributed by atoms with Gasteiger partial charge in [-0.2, -0.15) is 0 Å². The van der Waals surface area contributed by atoms with E-state index in [0.29, 0.717) is 0 Å². The molecule has 1 aromatic rings. The molecular weight excluding hydrogens is 123 g/mol. The van der Waals surface area contributed by atoms with Gasteiger partial charge in [-0.05, 0) is 13.8 Å². The van der Waals surface area contributed by atoms with Gasteiger partial charge in [0.25, 0.3) is 16.3 Å². The Bertz CT molecular complexity index is 216. The third-order valence-corrected chi connectivity index (χ3v) is 2.78. The SMILES string of the molecule is Cc1cc[c]([AlH2])c(C)c1. The number of aryl methyl sites for hydroxylation is 2. The highest BCUT2D eigenvalue weighted by molar-refractivity contribution is 6.33. The second kappa shape index (κ2) is 2.56. The van der Waals surface area contributed by atoms with E-state index in [4.69, 9.17) is 0 Å². The average molecular weight is 134 g/mol. The first-order chi connectivity index (χ1) is 4.20. The van der Waals surface area contributed by atoms with E-state index in [0.717, 1.165) is 0 Å². The van der Waals surface area contributed by atoms with Crippen molar-refractivity contribution in [2.24, 2.45) is 0 Å². The second-order valence-electron chi connectivity index (χ2n) is 2.59. The monoisotopic (exact) mass is 134 g/mol. The molecule has 0 aliphatic heterocycles. The number of hydrogen-bond acceptors (Lipinski definition) is 0. The first kappa shape index (κ1) is 6.87. The Morgan fingerprint density at radius 2 is 1.89 bits per heavy atom. The molecule has 0 heterocycles. The maximum Gasteiger partial charge on any atom is 0.259 e. The minimum Gasteiger partial charge on any atom is -0.118 e. The predicted molar refractivity (Wildman–Crippen MR) is 44.1 cm³/mol. The van der Waals surface area contributed by atoms with Crippen molar-refractivity contribution in [3.05, 3.63) is 29.3 Å². The van der Waals surface area contributed by atoms with Gasteiger partial charge in [-0.1, -0.05) is 29.3 Å². The summed E-state index contributed by atoms with van der Waals surface area (Å²) in [5.74, 6) is 0. The third kappa shape index (κ3) is 1.58. The van der Waals surface area contributed by atoms with Gasteiger partial charge in [-0.15, -0.1) is 4.43 Å². The summed E-state index contributed by atoms with van der Waals surface area (Å²) in [5.41, 5.74) is 2.81. The van der Waals surface area contributed by atoms with Crippen LogP contribution < -0.4 is 4.43 Å². The first-order valence-electron chi connectivity index (χ1n) is 3.24. The molecule has 1 heteroatoms. The van der Waals surface area contributed by atoms with Crippen molar-refractivity contribution in [2.75, 3.05) is 0 Å². The summed E-state index contributed by atoms with van der Waals surface area (Å²) < 4.78 is 1.51. The Balaban J connectivity index is 3.17. The van der Waals surface area contributed by atoms with Crippen molar-refractivity contribution in [2.45, 2.75) is 13.8 Å². The zero-order valence-electron chi connectivity index (χ0n) is 6.23. The first-order valence-corrected chi connectivity index (χ1v) is 4.24. The Labute approximate surface area is 64.3 Å². The van der Waals surface area contributed by atoms with Crippen LogP contribution in [0.3, 0.4) is 0 Å². The van der Waals surface area contributed by atoms with Gasteiger partial charge in [0.15, 0.2) is 0 Å². The molecule has 46 valence electrons. The summed E-state index contributed by atoms with van der Waals surface area (Å²) in [6.45, 7) is 4.31. The van der Waals surface area contributed by atoms with Crippen LogP contribution in [0, 0.1) is 13.8 Å². The molecule has 0 saturated carbocycles. The van der Waals surface area contributed by atoms with Gasteiger partial charge in [0.1, 0.15) is 0 Å². The van der Waals surface area contributed by atoms with Crippen molar-refractivity contribution in [3.63, 3.8) is 0 Å². The van der Waals surface area contributed by atoms with Crippen molar-refractivity contribution >= 4 is 20.7 Å². The van der Waals surface area contributed by atoms with E-state index in [-0.39, 0.29) is 0 Å². The summed E-state index contributed by atoms with van der Waals surface area (Å²) in [6.07, 6.45) is 0. The van der Waals surface area contributed by atoms with Gasteiger partial charge in [0, 0.05) is 0 Å². The lowest BCUT2D eigenvalue weighted by molar-refractivity contribution is 1.41. The summed E-state index contributed by atoms with van der Waals surface area (Å²) in [5, 5.41) is 0. The molecule has 9 heavy (non-hydrogen) atoms. The van der Waals surface area contributed by atoms with Crippen LogP contribution in [0.4, 0.5) is 0 Å². The van der Waals surface area contributed by atoms with E-state index in [1.165, 1.54) is 31.8 Å². The Morgan fingerprint density at radius 1 is 1.22 bits per heavy atom. The number of benzene rings is 1. The molecule has 0 N–H and O–H groups in total. The van der Waals surface area contributed by atoms with E-state index < -0.39 is 0 Å². The van der Waals surface area contributed by atoms with Gasteiger partial charge < -0.3 is 0 Å². The summed E-state index contributed by atoms with van der Waals surface area (Å²) in [6, 6.07) is 6.63. The molecule has 0 atom stereocenters. The third-order valence-electron chi connectivity index (χ3n) is 1.66. The van der Waals surface area contributed by atoms with Crippen molar-refractivity contribution in [3.8, 4) is 0 Å². The van der Waals surface area contributed by atoms with Gasteiger partial charge in [0.2, 0.25) is 0 Å². The smallest absolute Gasteiger partial charge is 0.118 e. The molecule has 0 radical (unpaired) electrons. The maximum atomic E-state index is 2.24. The second-order valence-corrected chi connectivity index (χ2v) is 3.67. The Kier molecular flexibility index (Phi) is 1.95. The Morgan fingerprint density at radius 3 is 2.33 bits per heavy atom. The summed E-state index contributed by atoms with van der Waals surface area (Å²) in [7, 11) is 0. The molecule has 0 fully saturated rings. The van der Waals surface area contributed by atoms with Gasteiger partial charge in [-0.3, -0.25) is 0 Å². The van der Waals surface area contributed by atoms with Crippen molar-refractivity contribution in [1.29, 1.82) is 0 Å². The molecule has 0 aromatic heterocycles. The molecule has 0 bridgehead atoms. The molecule has 0 amide bonds. The normalized spacial score (nSPS) is 9.56. The fraction of sp³-hybridized carbons (Fsp3) is 0.250. The van der Waals surface area contributed by atoms with Crippen LogP contribution in [0.15, 0.2) is 18.2 Å². The zero-order valence-corrected chi connectivity index (χ0v) is 8.23. The lowest BCUT2D eigenvalue weighted by Gasteiger charge is -1.98. The van der Waals surface area contributed by atoms with Crippen molar-refractivity contribution in [1.82, 2.24) is 0 Å². The number of hydrogen-bond donors (Lipinski definition) is 0. The lowest BCUT2D eigenvalue weighted by atomic mass is 10.2. The van der Waals surface area contributed by atoms with Crippen LogP contribution in [0.5, 0.6) is 0 Å². The minimum atomic E-state index is 1.17. The maximum absolute atomic E-state index is 2.24. The average Bonchev–Trinajstić information content (AvgIpc) is 1.80. The molecular formula is C8H11Al. The minimum absolute atomic E-state index is 1.17. The topological polar surface area (TPSA) is 0 Å². The van der Waals surface area contributed by atoms with E-state index in [1.807, 2.05) is 0 Å². The van der Waals surface area contributed by atoms with E-state index in [9.17, 15) is 0 Å². The zero-order chi connectivity index (χ0) is 6.85. The standard InChI is InChI=1S/C8H9.Al.2H/c1-7-4-3-5-8(2)6-7;;;/h3-4,6H,1-2H3;;;. The fourth-order valence-electron chi connectivity index (χ4n) is 0.891. The molecule has 0 saturated heterocycles. The van der Waals surface area contributed by atoms with E-state index in [2.05, 4.69) is 32.0 Å². The molecule has 0 nitrogen and oxygen atoms in total. The van der Waals surface area contributed by atoms with Crippen LogP contribution in [-0.2, 0) is 0 Å². The van der Waals surface area contributed by atoms with Crippen LogP contribution in [0.25, 0.3) is 0 Å². The molecule has 0 spiro atoms. The van der Waals surface area contributed by atoms with E-state index >= 15 is 0 Å². The molecule has 1 rings (SSSR count). The molecule has 1 aromatic carbocycles. The highest BCUT2D eigenvalue weighted by Crippen LogP contribution is 1.97. The van der Waals surface area contributed by atoms with Crippen molar-refractivity contribution < 1.29 is 0 Å². The fourth-order valence-corrected chi connectivity index (χ4v) is 1.20. The van der Waals surface area contributed by atoms with Gasteiger partial charge in [0.05, 0.1) is 0 Å². The predicted octanol–water partition coefficient (Wildman–Crippen LogP) is 0.562. The quantitative estimate of drug-likeness (QED) is 0.455. The Hall–Kier alpha value is -0.248. The van der Waals surface area contributed by atoms with Crippen LogP contribution in [0.1, 0.15) is 11.1 Å². The largest absolute Gasteiger partial charge is 0.259 e. The summed E-state index contributed by atoms with van der Waals surface area (Å²) in [4.78, 5) is 0. The van der Waals surface area contributed by atoms with Crippen LogP contribution in [0.2, 0.25) is 0 Å². The van der Waals surface area contributed by atoms with Crippen LogP contribution in [-0.4, -0.2) is 16.3 Å². The highest BCUT2D eigenvalue weighted by atomic mass is 27.0. The summed E-state index contributed by atoms with van der Waals surface area (Å²) >= 11 is 1.17.